The highest BCUT2D eigenvalue weighted by atomic mass is 19.2. The van der Waals surface area contributed by atoms with Crippen LogP contribution < -0.4 is 16.0 Å². The largest absolute Gasteiger partial charge is 0.449 e. The zero-order chi connectivity index (χ0) is 89.0. The quantitative estimate of drug-likeness (QED) is 0.0330. The molecule has 4 aliphatic carbocycles. The first-order valence-electron chi connectivity index (χ1n) is 42.6. The molecule has 129 heavy (non-hydrogen) atoms. The molecule has 9 heterocycles. The van der Waals surface area contributed by atoms with E-state index in [9.17, 15) is 54.3 Å². The SMILES string of the molecule is O=C(Cc1ccccc1F)c1cccc(-c2c(-c3ccc(F)cc3)ncn2C2CCCC2)n1.O=C(Nc1ccccc1F)c1cnc(-c2c(-c3ccc(F)cc3)ncn2C2CCCC2)[nH]1.O=C(Nc1ccccc1F)c1nc(-c2c(-c3ccc(F)cc3)ncn2C2CCCC2)n[nH]1.O=C(Nc1ccncc1F)c1ccc(-c2c(-c3ccc(F)cc3)ncn2C2CCCC2)o1. The van der Waals surface area contributed by atoms with E-state index >= 15 is 0 Å². The summed E-state index contributed by atoms with van der Waals surface area (Å²) in [7, 11) is 0. The van der Waals surface area contributed by atoms with E-state index in [0.29, 0.717) is 63.2 Å². The summed E-state index contributed by atoms with van der Waals surface area (Å²) in [5.74, 6) is -4.09. The first-order valence-corrected chi connectivity index (χ1v) is 42.6. The van der Waals surface area contributed by atoms with Crippen molar-refractivity contribution in [1.82, 2.24) is 73.3 Å². The number of aromatic amines is 2. The van der Waals surface area contributed by atoms with E-state index in [1.165, 1.54) is 97.3 Å². The molecule has 0 atom stereocenters. The van der Waals surface area contributed by atoms with Gasteiger partial charge < -0.3 is 43.6 Å². The van der Waals surface area contributed by atoms with Crippen molar-refractivity contribution in [3.63, 3.8) is 0 Å². The average Bonchev–Trinajstić information content (AvgIpc) is 1.64. The van der Waals surface area contributed by atoms with E-state index in [2.05, 4.69) is 84.7 Å². The molecule has 3 amide bonds. The smallest absolute Gasteiger partial charge is 0.293 e. The first-order chi connectivity index (χ1) is 62.9. The van der Waals surface area contributed by atoms with Crippen molar-refractivity contribution < 1.29 is 58.7 Å². The number of amides is 3. The summed E-state index contributed by atoms with van der Waals surface area (Å²) in [5.41, 5.74) is 10.2. The van der Waals surface area contributed by atoms with Gasteiger partial charge in [-0.1, -0.05) is 99.9 Å². The molecule has 7 aromatic carbocycles. The van der Waals surface area contributed by atoms with Crippen molar-refractivity contribution in [3.8, 4) is 90.9 Å². The minimum absolute atomic E-state index is 0.0194. The Morgan fingerprint density at radius 2 is 0.814 bits per heavy atom. The second kappa shape index (κ2) is 39.2. The number of ketones is 1. The fraction of sp³-hybridized carbons (Fsp3) is 0.214. The minimum atomic E-state index is -0.634. The van der Waals surface area contributed by atoms with Gasteiger partial charge in [-0.05, 0) is 215 Å². The van der Waals surface area contributed by atoms with Crippen LogP contribution in [0.1, 0.15) is 175 Å². The molecule has 0 radical (unpaired) electrons. The van der Waals surface area contributed by atoms with Crippen molar-refractivity contribution in [2.24, 2.45) is 0 Å². The highest BCUT2D eigenvalue weighted by molar-refractivity contribution is 6.04. The number of pyridine rings is 2. The number of Topliss-reactive ketones (excluding diaryl/α,β-unsaturated/α-hetero) is 1. The lowest BCUT2D eigenvalue weighted by Crippen LogP contribution is -2.14. The number of hydrogen-bond donors (Lipinski definition) is 5. The molecule has 0 unspecified atom stereocenters. The lowest BCUT2D eigenvalue weighted by Gasteiger charge is -2.16. The normalized spacial score (nSPS) is 14.0. The maximum absolute atomic E-state index is 14.1. The number of hydrogen-bond acceptors (Lipinski definition) is 14. The van der Waals surface area contributed by atoms with Gasteiger partial charge in [-0.3, -0.25) is 29.3 Å². The fourth-order valence-electron chi connectivity index (χ4n) is 16.9. The third-order valence-corrected chi connectivity index (χ3v) is 23.4. The zero-order valence-corrected chi connectivity index (χ0v) is 69.4. The van der Waals surface area contributed by atoms with Gasteiger partial charge in [0, 0.05) is 59.0 Å². The van der Waals surface area contributed by atoms with Crippen LogP contribution in [0.2, 0.25) is 0 Å². The number of nitrogens with one attached hydrogen (secondary N) is 5. The molecule has 4 fully saturated rings. The Morgan fingerprint density at radius 3 is 1.31 bits per heavy atom. The maximum Gasteiger partial charge on any atom is 0.293 e. The standard InChI is InChI=1S/C27H23F2N3O.C24H21F2N5O.C24H20F2N4O2.C23H20F2N6O/c28-20-14-12-18(13-15-20)26-27(32(17-30-26)21-7-2-3-8-21)24-11-5-10-23(31-24)25(33)16-19-6-1-4-9-22(19)29;25-16-11-9-15(10-12-16)21-22(31(14-28-21)17-5-1-2-6-17)23-27-13-20(29-23)24(32)30-19-8-4-3-7-18(19)26;25-16-7-5-15(6-8-16)22-23(30(14-28-22)17-3-1-2-4-17)20-9-10-21(32-20)24(31)29-19-11-12-27-13-18(19)26;24-15-11-9-14(10-12-15)19-20(31(13-26-19)16-5-1-2-6-16)21-28-22(30-29-21)23(32)27-18-8-4-3-7-17(18)25/h1,4-6,9-15,17,21H,2-3,7-8,16H2;3-4,7-14,17H,1-2,5-6H2,(H,27,29)(H,30,32);5-14,17H,1-4H2,(H,27,29,31);3-4,7-13,16H,1-2,5-6H2,(H,27,32)(H,28,29,30). The van der Waals surface area contributed by atoms with Gasteiger partial charge in [0.1, 0.15) is 69.2 Å². The predicted molar refractivity (Wildman–Crippen MR) is 470 cm³/mol. The molecular formula is C98H84F8N18O5. The number of para-hydroxylation sites is 2. The highest BCUT2D eigenvalue weighted by Gasteiger charge is 2.32. The molecule has 0 saturated heterocycles. The molecule has 9 aromatic heterocycles. The summed E-state index contributed by atoms with van der Waals surface area (Å²) >= 11 is 0. The van der Waals surface area contributed by atoms with Crippen molar-refractivity contribution >= 4 is 40.6 Å². The van der Waals surface area contributed by atoms with E-state index in [1.54, 1.807) is 134 Å². The second-order valence-electron chi connectivity index (χ2n) is 31.8. The number of H-pyrrole nitrogens is 2. The first kappa shape index (κ1) is 86.0. The molecule has 20 rings (SSSR count). The predicted octanol–water partition coefficient (Wildman–Crippen LogP) is 22.8. The molecule has 4 aliphatic rings. The summed E-state index contributed by atoms with van der Waals surface area (Å²) in [6, 6.07) is 53.7. The summed E-state index contributed by atoms with van der Waals surface area (Å²) in [6.07, 6.45) is 28.3. The Hall–Kier alpha value is -15.2. The lowest BCUT2D eigenvalue weighted by molar-refractivity contribution is 0.0982. The summed E-state index contributed by atoms with van der Waals surface area (Å²) in [4.78, 5) is 89.5. The number of anilines is 3. The molecule has 5 N–H and O–H groups in total. The average molecular weight is 1750 g/mol. The number of carbonyl (C=O) groups excluding carboxylic acids is 4. The fourth-order valence-corrected chi connectivity index (χ4v) is 16.9. The van der Waals surface area contributed by atoms with E-state index in [-0.39, 0.29) is 93.6 Å². The molecule has 23 nitrogen and oxygen atoms in total. The van der Waals surface area contributed by atoms with Crippen LogP contribution in [0.3, 0.4) is 0 Å². The van der Waals surface area contributed by atoms with E-state index in [1.807, 2.05) is 17.0 Å². The van der Waals surface area contributed by atoms with Gasteiger partial charge in [-0.15, -0.1) is 0 Å². The highest BCUT2D eigenvalue weighted by Crippen LogP contribution is 2.44. The van der Waals surface area contributed by atoms with Crippen LogP contribution in [0.5, 0.6) is 0 Å². The molecule has 0 bridgehead atoms. The van der Waals surface area contributed by atoms with Crippen LogP contribution in [0.25, 0.3) is 90.9 Å². The Labute approximate surface area is 734 Å². The third kappa shape index (κ3) is 19.6. The minimum Gasteiger partial charge on any atom is -0.449 e. The summed E-state index contributed by atoms with van der Waals surface area (Å²) in [6.45, 7) is 0. The van der Waals surface area contributed by atoms with Gasteiger partial charge in [-0.25, -0.2) is 70.0 Å². The van der Waals surface area contributed by atoms with Crippen molar-refractivity contribution in [3.05, 3.63) is 325 Å². The maximum atomic E-state index is 14.1. The van der Waals surface area contributed by atoms with Gasteiger partial charge in [0.05, 0.1) is 88.9 Å². The number of benzene rings is 7. The van der Waals surface area contributed by atoms with Crippen LogP contribution in [0.15, 0.2) is 255 Å². The van der Waals surface area contributed by atoms with Gasteiger partial charge in [0.15, 0.2) is 28.9 Å². The van der Waals surface area contributed by atoms with Gasteiger partial charge in [-0.2, -0.15) is 5.10 Å². The van der Waals surface area contributed by atoms with Crippen LogP contribution in [-0.4, -0.2) is 96.8 Å². The summed E-state index contributed by atoms with van der Waals surface area (Å²) in [5, 5.41) is 14.4. The number of aromatic nitrogens is 15. The number of imidazole rings is 5. The van der Waals surface area contributed by atoms with E-state index < -0.39 is 41.0 Å². The Kier molecular flexibility index (Phi) is 26.1. The molecular weight excluding hydrogens is 1660 g/mol. The van der Waals surface area contributed by atoms with E-state index in [0.717, 1.165) is 148 Å². The molecule has 4 saturated carbocycles. The number of furan rings is 1. The molecule has 16 aromatic rings. The molecule has 0 spiro atoms. The number of halogens is 8. The van der Waals surface area contributed by atoms with Crippen molar-refractivity contribution in [1.29, 1.82) is 0 Å². The summed E-state index contributed by atoms with van der Waals surface area (Å²) < 4.78 is 124. The Balaban J connectivity index is 0.000000121. The molecule has 0 aliphatic heterocycles. The zero-order valence-electron chi connectivity index (χ0n) is 69.4. The number of carbonyl (C=O) groups is 4. The molecule has 652 valence electrons. The molecule has 31 heteroatoms. The third-order valence-electron chi connectivity index (χ3n) is 23.4. The lowest BCUT2D eigenvalue weighted by atomic mass is 10.0. The van der Waals surface area contributed by atoms with Gasteiger partial charge >= 0.3 is 0 Å². The van der Waals surface area contributed by atoms with E-state index in [4.69, 9.17) is 4.42 Å². The topological polar surface area (TPSA) is 285 Å². The van der Waals surface area contributed by atoms with Crippen LogP contribution >= 0.6 is 0 Å². The van der Waals surface area contributed by atoms with Crippen LogP contribution in [0, 0.1) is 46.5 Å². The van der Waals surface area contributed by atoms with Crippen molar-refractivity contribution in [2.45, 2.75) is 133 Å². The second-order valence-corrected chi connectivity index (χ2v) is 31.8. The number of nitrogens with zero attached hydrogens (tertiary/aromatic N) is 13. The van der Waals surface area contributed by atoms with Crippen LogP contribution in [-0.2, 0) is 6.42 Å². The Morgan fingerprint density at radius 1 is 0.388 bits per heavy atom. The Bertz CT molecular complexity index is 6180. The van der Waals surface area contributed by atoms with Crippen molar-refractivity contribution in [2.75, 3.05) is 16.0 Å². The number of rotatable bonds is 21. The monoisotopic (exact) mass is 1740 g/mol. The van der Waals surface area contributed by atoms with Crippen LogP contribution in [0.4, 0.5) is 52.2 Å². The van der Waals surface area contributed by atoms with Gasteiger partial charge in [0.2, 0.25) is 11.6 Å². The van der Waals surface area contributed by atoms with Gasteiger partial charge in [0.25, 0.3) is 17.7 Å².